The Kier molecular flexibility index (Phi) is 11.0. The van der Waals surface area contributed by atoms with Crippen molar-refractivity contribution in [1.82, 2.24) is 20.0 Å². The van der Waals surface area contributed by atoms with Crippen LogP contribution in [0.15, 0.2) is 48.5 Å². The van der Waals surface area contributed by atoms with Gasteiger partial charge in [-0.1, -0.05) is 30.7 Å². The lowest BCUT2D eigenvalue weighted by Gasteiger charge is -2.43. The fourth-order valence-corrected chi connectivity index (χ4v) is 5.89. The SMILES string of the molecule is CCOC(=O)CCCCCN1CCN(C(=O)c2cccc(C(c3cccc(O)c3)N3C[C@@H](C)NC[C@H]3C)c2)CC1. The Labute approximate surface area is 239 Å². The molecular formula is C32H46N4O4. The highest BCUT2D eigenvalue weighted by molar-refractivity contribution is 5.94. The van der Waals surface area contributed by atoms with Gasteiger partial charge in [-0.25, -0.2) is 0 Å². The second-order valence-electron chi connectivity index (χ2n) is 11.2. The van der Waals surface area contributed by atoms with Gasteiger partial charge >= 0.3 is 5.97 Å². The van der Waals surface area contributed by atoms with Crippen LogP contribution in [0.5, 0.6) is 5.75 Å². The number of hydrogen-bond acceptors (Lipinski definition) is 7. The zero-order valence-corrected chi connectivity index (χ0v) is 24.3. The molecule has 2 aliphatic rings. The fraction of sp³-hybridized carbons (Fsp3) is 0.562. The zero-order valence-electron chi connectivity index (χ0n) is 24.3. The summed E-state index contributed by atoms with van der Waals surface area (Å²) >= 11 is 0. The first-order valence-corrected chi connectivity index (χ1v) is 14.9. The highest BCUT2D eigenvalue weighted by atomic mass is 16.5. The number of unbranched alkanes of at least 4 members (excludes halogenated alkanes) is 2. The van der Waals surface area contributed by atoms with E-state index in [1.165, 1.54) is 0 Å². The van der Waals surface area contributed by atoms with Crippen LogP contribution in [0, 0.1) is 0 Å². The summed E-state index contributed by atoms with van der Waals surface area (Å²) < 4.78 is 4.99. The molecule has 8 nitrogen and oxygen atoms in total. The van der Waals surface area contributed by atoms with E-state index in [0.29, 0.717) is 43.8 Å². The maximum atomic E-state index is 13.6. The molecule has 0 radical (unpaired) electrons. The van der Waals surface area contributed by atoms with Gasteiger partial charge in [-0.3, -0.25) is 19.4 Å². The number of aromatic hydroxyl groups is 1. The van der Waals surface area contributed by atoms with Crippen LogP contribution in [0.4, 0.5) is 0 Å². The molecule has 2 aromatic carbocycles. The van der Waals surface area contributed by atoms with Crippen molar-refractivity contribution in [1.29, 1.82) is 0 Å². The quantitative estimate of drug-likeness (QED) is 0.323. The first-order chi connectivity index (χ1) is 19.4. The van der Waals surface area contributed by atoms with Crippen molar-refractivity contribution in [3.63, 3.8) is 0 Å². The van der Waals surface area contributed by atoms with Gasteiger partial charge in [0.2, 0.25) is 0 Å². The Morgan fingerprint density at radius 2 is 1.73 bits per heavy atom. The molecular weight excluding hydrogens is 504 g/mol. The number of ether oxygens (including phenoxy) is 1. The number of piperazine rings is 2. The van der Waals surface area contributed by atoms with Crippen molar-refractivity contribution < 1.29 is 19.4 Å². The second-order valence-corrected chi connectivity index (χ2v) is 11.2. The van der Waals surface area contributed by atoms with Gasteiger partial charge in [0.25, 0.3) is 5.91 Å². The number of rotatable bonds is 11. The molecule has 2 N–H and O–H groups in total. The molecule has 3 atom stereocenters. The Morgan fingerprint density at radius 3 is 2.45 bits per heavy atom. The lowest BCUT2D eigenvalue weighted by Crippen LogP contribution is -2.55. The number of nitrogens with zero attached hydrogens (tertiary/aromatic N) is 3. The van der Waals surface area contributed by atoms with E-state index in [0.717, 1.165) is 63.1 Å². The molecule has 2 aromatic rings. The van der Waals surface area contributed by atoms with Gasteiger partial charge < -0.3 is 20.1 Å². The molecule has 0 bridgehead atoms. The molecule has 1 unspecified atom stereocenters. The van der Waals surface area contributed by atoms with Crippen LogP contribution in [-0.4, -0.2) is 96.2 Å². The number of nitrogens with one attached hydrogen (secondary N) is 1. The van der Waals surface area contributed by atoms with E-state index in [4.69, 9.17) is 4.74 Å². The van der Waals surface area contributed by atoms with Crippen molar-refractivity contribution in [3.05, 3.63) is 65.2 Å². The van der Waals surface area contributed by atoms with E-state index in [9.17, 15) is 14.7 Å². The van der Waals surface area contributed by atoms with Gasteiger partial charge in [0.15, 0.2) is 0 Å². The molecule has 0 aliphatic carbocycles. The minimum Gasteiger partial charge on any atom is -0.508 e. The number of hydrogen-bond donors (Lipinski definition) is 2. The highest BCUT2D eigenvalue weighted by Gasteiger charge is 2.32. The van der Waals surface area contributed by atoms with E-state index in [1.54, 1.807) is 6.07 Å². The Hall–Kier alpha value is -2.94. The van der Waals surface area contributed by atoms with Gasteiger partial charge in [-0.05, 0) is 75.5 Å². The summed E-state index contributed by atoms with van der Waals surface area (Å²) in [6, 6.07) is 16.2. The number of benzene rings is 2. The van der Waals surface area contributed by atoms with Crippen molar-refractivity contribution in [3.8, 4) is 5.75 Å². The molecule has 4 rings (SSSR count). The van der Waals surface area contributed by atoms with E-state index < -0.39 is 0 Å². The van der Waals surface area contributed by atoms with Crippen LogP contribution in [-0.2, 0) is 9.53 Å². The number of amides is 1. The largest absolute Gasteiger partial charge is 0.508 e. The third-order valence-corrected chi connectivity index (χ3v) is 8.10. The standard InChI is InChI=1S/C32H46N4O4/c1-4-40-30(38)14-6-5-7-15-34-16-18-35(19-17-34)32(39)28-12-8-10-26(20-28)31(27-11-9-13-29(37)21-27)36-23-24(2)33-22-25(36)3/h8-13,20-21,24-25,31,33,37H,4-7,14-19,22-23H2,1-3H3/t24-,25-,31?/m1/s1. The number of carbonyl (C=O) groups is 2. The summed E-state index contributed by atoms with van der Waals surface area (Å²) in [5.74, 6) is 0.221. The smallest absolute Gasteiger partial charge is 0.305 e. The topological polar surface area (TPSA) is 85.3 Å². The minimum absolute atomic E-state index is 0.0555. The summed E-state index contributed by atoms with van der Waals surface area (Å²) in [6.07, 6.45) is 3.42. The van der Waals surface area contributed by atoms with Crippen LogP contribution in [0.25, 0.3) is 0 Å². The van der Waals surface area contributed by atoms with Gasteiger partial charge in [-0.15, -0.1) is 0 Å². The lowest BCUT2D eigenvalue weighted by atomic mass is 9.92. The van der Waals surface area contributed by atoms with Gasteiger partial charge in [0.1, 0.15) is 5.75 Å². The monoisotopic (exact) mass is 550 g/mol. The van der Waals surface area contributed by atoms with Gasteiger partial charge in [-0.2, -0.15) is 0 Å². The van der Waals surface area contributed by atoms with Crippen molar-refractivity contribution >= 4 is 11.9 Å². The lowest BCUT2D eigenvalue weighted by molar-refractivity contribution is -0.143. The van der Waals surface area contributed by atoms with Crippen LogP contribution in [0.2, 0.25) is 0 Å². The number of carbonyl (C=O) groups excluding carboxylic acids is 2. The summed E-state index contributed by atoms with van der Waals surface area (Å²) in [5.41, 5.74) is 2.81. The first-order valence-electron chi connectivity index (χ1n) is 14.9. The van der Waals surface area contributed by atoms with E-state index in [-0.39, 0.29) is 23.7 Å². The van der Waals surface area contributed by atoms with Crippen molar-refractivity contribution in [2.45, 2.75) is 64.6 Å². The van der Waals surface area contributed by atoms with Crippen LogP contribution < -0.4 is 5.32 Å². The Bertz CT molecular complexity index is 1120. The molecule has 0 aromatic heterocycles. The van der Waals surface area contributed by atoms with E-state index in [1.807, 2.05) is 42.2 Å². The average molecular weight is 551 g/mol. The zero-order chi connectivity index (χ0) is 28.5. The van der Waals surface area contributed by atoms with Gasteiger partial charge in [0.05, 0.1) is 12.6 Å². The minimum atomic E-state index is -0.107. The molecule has 2 saturated heterocycles. The van der Waals surface area contributed by atoms with Crippen LogP contribution in [0.3, 0.4) is 0 Å². The number of phenolic OH excluding ortho intramolecular Hbond substituents is 1. The predicted molar refractivity (Wildman–Crippen MR) is 157 cm³/mol. The Balaban J connectivity index is 1.38. The molecule has 218 valence electrons. The molecule has 2 aliphatic heterocycles. The van der Waals surface area contributed by atoms with E-state index in [2.05, 4.69) is 41.1 Å². The van der Waals surface area contributed by atoms with Crippen LogP contribution in [0.1, 0.15) is 74.0 Å². The van der Waals surface area contributed by atoms with Crippen LogP contribution >= 0.6 is 0 Å². The highest BCUT2D eigenvalue weighted by Crippen LogP contribution is 2.33. The molecule has 1 amide bonds. The maximum Gasteiger partial charge on any atom is 0.305 e. The van der Waals surface area contributed by atoms with Gasteiger partial charge in [0, 0.05) is 63.3 Å². The average Bonchev–Trinajstić information content (AvgIpc) is 2.95. The maximum absolute atomic E-state index is 13.6. The molecule has 40 heavy (non-hydrogen) atoms. The van der Waals surface area contributed by atoms with Crippen molar-refractivity contribution in [2.24, 2.45) is 0 Å². The fourth-order valence-electron chi connectivity index (χ4n) is 5.89. The third kappa shape index (κ3) is 8.05. The molecule has 2 heterocycles. The van der Waals surface area contributed by atoms with E-state index >= 15 is 0 Å². The first kappa shape index (κ1) is 30.0. The normalized spacial score (nSPS) is 21.2. The predicted octanol–water partition coefficient (Wildman–Crippen LogP) is 4.05. The molecule has 2 fully saturated rings. The van der Waals surface area contributed by atoms with Crippen molar-refractivity contribution in [2.75, 3.05) is 52.4 Å². The molecule has 0 saturated carbocycles. The number of esters is 1. The molecule has 0 spiro atoms. The second kappa shape index (κ2) is 14.6. The summed E-state index contributed by atoms with van der Waals surface area (Å²) in [7, 11) is 0. The Morgan fingerprint density at radius 1 is 1.00 bits per heavy atom. The third-order valence-electron chi connectivity index (χ3n) is 8.10. The summed E-state index contributed by atoms with van der Waals surface area (Å²) in [5, 5.41) is 13.8. The summed E-state index contributed by atoms with van der Waals surface area (Å²) in [4.78, 5) is 31.9. The summed E-state index contributed by atoms with van der Waals surface area (Å²) in [6.45, 7) is 12.6. The number of phenols is 1. The molecule has 8 heteroatoms.